The maximum atomic E-state index is 10.5. The zero-order valence-corrected chi connectivity index (χ0v) is 12.3. The molecule has 0 heterocycles. The summed E-state index contributed by atoms with van der Waals surface area (Å²) in [4.78, 5) is 0. The molecule has 1 aromatic rings. The minimum atomic E-state index is -0.244. The highest BCUT2D eigenvalue weighted by atomic mass is 16.5. The first-order valence-corrected chi connectivity index (χ1v) is 7.41. The third-order valence-corrected chi connectivity index (χ3v) is 4.80. The molecule has 0 aliphatic heterocycles. The van der Waals surface area contributed by atoms with Gasteiger partial charge in [-0.15, -0.1) is 0 Å². The fourth-order valence-electron chi connectivity index (χ4n) is 3.20. The van der Waals surface area contributed by atoms with Crippen molar-refractivity contribution in [1.82, 2.24) is 0 Å². The smallest absolute Gasteiger partial charge is 0.122 e. The second-order valence-electron chi connectivity index (χ2n) is 6.11. The molecule has 19 heavy (non-hydrogen) atoms. The van der Waals surface area contributed by atoms with Crippen molar-refractivity contribution in [3.8, 4) is 5.75 Å². The molecule has 4 atom stereocenters. The largest absolute Gasteiger partial charge is 0.496 e. The Morgan fingerprint density at radius 3 is 2.63 bits per heavy atom. The van der Waals surface area contributed by atoms with Gasteiger partial charge in [-0.05, 0) is 42.2 Å². The van der Waals surface area contributed by atoms with Crippen molar-refractivity contribution in [3.63, 3.8) is 0 Å². The van der Waals surface area contributed by atoms with Crippen molar-refractivity contribution in [2.45, 2.75) is 45.6 Å². The van der Waals surface area contributed by atoms with Crippen LogP contribution in [0.3, 0.4) is 0 Å². The number of aliphatic hydroxyl groups is 1. The van der Waals surface area contributed by atoms with Gasteiger partial charge in [-0.25, -0.2) is 0 Å². The van der Waals surface area contributed by atoms with E-state index in [0.717, 1.165) is 36.0 Å². The molecule has 1 aromatic carbocycles. The van der Waals surface area contributed by atoms with Crippen LogP contribution in [-0.4, -0.2) is 18.3 Å². The zero-order valence-electron chi connectivity index (χ0n) is 12.3. The summed E-state index contributed by atoms with van der Waals surface area (Å²) in [6.07, 6.45) is 4.01. The molecule has 0 amide bonds. The fraction of sp³-hybridized carbons (Fsp3) is 0.647. The first kappa shape index (κ1) is 14.4. The summed E-state index contributed by atoms with van der Waals surface area (Å²) in [6.45, 7) is 4.64. The highest BCUT2D eigenvalue weighted by Crippen LogP contribution is 2.36. The summed E-state index contributed by atoms with van der Waals surface area (Å²) in [7, 11) is 1.69. The maximum Gasteiger partial charge on any atom is 0.122 e. The first-order chi connectivity index (χ1) is 9.11. The van der Waals surface area contributed by atoms with E-state index in [-0.39, 0.29) is 6.10 Å². The monoisotopic (exact) mass is 262 g/mol. The maximum absolute atomic E-state index is 10.5. The normalized spacial score (nSPS) is 28.9. The van der Waals surface area contributed by atoms with Crippen LogP contribution in [0, 0.1) is 17.8 Å². The minimum Gasteiger partial charge on any atom is -0.496 e. The molecule has 0 bridgehead atoms. The summed E-state index contributed by atoms with van der Waals surface area (Å²) in [6, 6.07) is 8.00. The molecule has 2 rings (SSSR count). The number of hydrogen-bond donors (Lipinski definition) is 1. The molecule has 106 valence electrons. The van der Waals surface area contributed by atoms with Gasteiger partial charge in [0.2, 0.25) is 0 Å². The van der Waals surface area contributed by atoms with Crippen molar-refractivity contribution in [1.29, 1.82) is 0 Å². The van der Waals surface area contributed by atoms with Crippen molar-refractivity contribution >= 4 is 0 Å². The minimum absolute atomic E-state index is 0.244. The highest BCUT2D eigenvalue weighted by Gasteiger charge is 2.29. The van der Waals surface area contributed by atoms with Gasteiger partial charge in [-0.3, -0.25) is 0 Å². The molecule has 1 aliphatic rings. The number of para-hydroxylation sites is 1. The second-order valence-corrected chi connectivity index (χ2v) is 6.11. The number of rotatable bonds is 4. The van der Waals surface area contributed by atoms with Crippen LogP contribution in [0.5, 0.6) is 5.75 Å². The van der Waals surface area contributed by atoms with E-state index in [1.54, 1.807) is 7.11 Å². The van der Waals surface area contributed by atoms with Crippen molar-refractivity contribution in [3.05, 3.63) is 29.8 Å². The molecule has 0 spiro atoms. The molecule has 0 aromatic heterocycles. The zero-order chi connectivity index (χ0) is 13.8. The van der Waals surface area contributed by atoms with E-state index in [9.17, 15) is 5.11 Å². The first-order valence-electron chi connectivity index (χ1n) is 7.41. The summed E-state index contributed by atoms with van der Waals surface area (Å²) < 4.78 is 5.36. The van der Waals surface area contributed by atoms with Crippen molar-refractivity contribution < 1.29 is 9.84 Å². The Morgan fingerprint density at radius 1 is 1.21 bits per heavy atom. The Balaban J connectivity index is 1.99. The number of methoxy groups -OCH3 is 1. The Morgan fingerprint density at radius 2 is 1.95 bits per heavy atom. The van der Waals surface area contributed by atoms with Gasteiger partial charge in [0.15, 0.2) is 0 Å². The lowest BCUT2D eigenvalue weighted by atomic mass is 9.73. The molecule has 1 aliphatic carbocycles. The molecule has 2 nitrogen and oxygen atoms in total. The van der Waals surface area contributed by atoms with Crippen LogP contribution in [0.4, 0.5) is 0 Å². The third kappa shape index (κ3) is 3.50. The molecule has 1 fully saturated rings. The lowest BCUT2D eigenvalue weighted by molar-refractivity contribution is 0.0566. The fourth-order valence-corrected chi connectivity index (χ4v) is 3.20. The number of hydrogen-bond acceptors (Lipinski definition) is 2. The Kier molecular flexibility index (Phi) is 4.87. The average molecular weight is 262 g/mol. The van der Waals surface area contributed by atoms with Gasteiger partial charge in [0.25, 0.3) is 0 Å². The summed E-state index contributed by atoms with van der Waals surface area (Å²) >= 11 is 0. The molecule has 0 radical (unpaired) electrons. The van der Waals surface area contributed by atoms with E-state index in [4.69, 9.17) is 4.74 Å². The van der Waals surface area contributed by atoms with Crippen molar-refractivity contribution in [2.24, 2.45) is 17.8 Å². The summed E-state index contributed by atoms with van der Waals surface area (Å²) in [5.41, 5.74) is 1.11. The Bertz CT molecular complexity index is 402. The topological polar surface area (TPSA) is 29.5 Å². The van der Waals surface area contributed by atoms with Gasteiger partial charge in [0.1, 0.15) is 5.75 Å². The van der Waals surface area contributed by atoms with Gasteiger partial charge < -0.3 is 9.84 Å². The third-order valence-electron chi connectivity index (χ3n) is 4.80. The lowest BCUT2D eigenvalue weighted by Gasteiger charge is -2.34. The van der Waals surface area contributed by atoms with E-state index in [0.29, 0.717) is 12.3 Å². The molecule has 0 saturated heterocycles. The second kappa shape index (κ2) is 6.42. The van der Waals surface area contributed by atoms with Gasteiger partial charge in [0.05, 0.1) is 13.2 Å². The molecule has 1 saturated carbocycles. The van der Waals surface area contributed by atoms with Crippen molar-refractivity contribution in [2.75, 3.05) is 7.11 Å². The molecular weight excluding hydrogens is 236 g/mol. The van der Waals surface area contributed by atoms with Crippen LogP contribution in [0.25, 0.3) is 0 Å². The van der Waals surface area contributed by atoms with Crippen LogP contribution in [0.1, 0.15) is 38.7 Å². The highest BCUT2D eigenvalue weighted by molar-refractivity contribution is 5.33. The lowest BCUT2D eigenvalue weighted by Crippen LogP contribution is -2.30. The summed E-state index contributed by atoms with van der Waals surface area (Å²) in [5, 5.41) is 10.5. The van der Waals surface area contributed by atoms with Crippen LogP contribution in [0.15, 0.2) is 24.3 Å². The average Bonchev–Trinajstić information content (AvgIpc) is 2.42. The van der Waals surface area contributed by atoms with Gasteiger partial charge in [0, 0.05) is 6.42 Å². The van der Waals surface area contributed by atoms with E-state index in [2.05, 4.69) is 19.9 Å². The van der Waals surface area contributed by atoms with Crippen LogP contribution >= 0.6 is 0 Å². The molecule has 1 N–H and O–H groups in total. The molecule has 2 heteroatoms. The van der Waals surface area contributed by atoms with Gasteiger partial charge in [-0.2, -0.15) is 0 Å². The predicted molar refractivity (Wildman–Crippen MR) is 78.4 cm³/mol. The molecule has 4 unspecified atom stereocenters. The Hall–Kier alpha value is -1.02. The van der Waals surface area contributed by atoms with E-state index < -0.39 is 0 Å². The predicted octanol–water partition coefficient (Wildman–Crippen LogP) is 3.67. The van der Waals surface area contributed by atoms with Gasteiger partial charge in [-0.1, -0.05) is 38.5 Å². The van der Waals surface area contributed by atoms with Crippen LogP contribution < -0.4 is 4.74 Å². The van der Waals surface area contributed by atoms with Crippen LogP contribution in [-0.2, 0) is 6.42 Å². The SMILES string of the molecule is COc1ccccc1CC(O)C1CCC(C)C(C)C1. The van der Waals surface area contributed by atoms with E-state index in [1.807, 2.05) is 18.2 Å². The Labute approximate surface area is 116 Å². The number of ether oxygens (including phenoxy) is 1. The van der Waals surface area contributed by atoms with Crippen LogP contribution in [0.2, 0.25) is 0 Å². The molecular formula is C17H26O2. The quantitative estimate of drug-likeness (QED) is 0.897. The summed E-state index contributed by atoms with van der Waals surface area (Å²) in [5.74, 6) is 2.86. The number of benzene rings is 1. The standard InChI is InChI=1S/C17H26O2/c1-12-8-9-14(10-13(12)2)16(18)11-15-6-4-5-7-17(15)19-3/h4-7,12-14,16,18H,8-11H2,1-3H3. The van der Waals surface area contributed by atoms with E-state index in [1.165, 1.54) is 6.42 Å². The van der Waals surface area contributed by atoms with E-state index >= 15 is 0 Å². The van der Waals surface area contributed by atoms with Gasteiger partial charge >= 0.3 is 0 Å². The number of aliphatic hydroxyl groups excluding tert-OH is 1.